The van der Waals surface area contributed by atoms with Crippen molar-refractivity contribution in [2.24, 2.45) is 21.5 Å². The maximum Gasteiger partial charge on any atom is 0.362 e. The number of nitrogens with two attached hydrogens (primary N) is 2. The van der Waals surface area contributed by atoms with E-state index in [2.05, 4.69) is 34.8 Å². The van der Waals surface area contributed by atoms with E-state index in [0.717, 1.165) is 25.7 Å². The SMILES string of the molecule is CCCCCCCCCCCCN=C(N)NOC(=O)c1ccc(C(=O)ONC(N)=NCCCCCCCCCCCC)cc1. The fourth-order valence-corrected chi connectivity index (χ4v) is 4.72. The highest BCUT2D eigenvalue weighted by Crippen LogP contribution is 2.12. The predicted molar refractivity (Wildman–Crippen MR) is 180 cm³/mol. The third-order valence-corrected chi connectivity index (χ3v) is 7.44. The quantitative estimate of drug-likeness (QED) is 0.0403. The molecule has 0 aliphatic carbocycles. The molecule has 250 valence electrons. The number of rotatable bonds is 24. The molecule has 1 rings (SSSR count). The van der Waals surface area contributed by atoms with Gasteiger partial charge in [-0.2, -0.15) is 11.0 Å². The molecule has 0 aromatic heterocycles. The van der Waals surface area contributed by atoms with E-state index in [1.165, 1.54) is 127 Å². The molecule has 0 spiro atoms. The lowest BCUT2D eigenvalue weighted by atomic mass is 10.1. The average Bonchev–Trinajstić information content (AvgIpc) is 3.03. The summed E-state index contributed by atoms with van der Waals surface area (Å²) in [5.41, 5.74) is 16.8. The van der Waals surface area contributed by atoms with Crippen molar-refractivity contribution in [3.05, 3.63) is 35.4 Å². The monoisotopic (exact) mass is 616 g/mol. The van der Waals surface area contributed by atoms with E-state index in [1.807, 2.05) is 0 Å². The van der Waals surface area contributed by atoms with Crippen LogP contribution in [0.25, 0.3) is 0 Å². The summed E-state index contributed by atoms with van der Waals surface area (Å²) in [6.07, 6.45) is 24.9. The van der Waals surface area contributed by atoms with Crippen LogP contribution in [-0.2, 0) is 9.68 Å². The number of guanidine groups is 2. The molecule has 0 saturated carbocycles. The summed E-state index contributed by atoms with van der Waals surface area (Å²) in [4.78, 5) is 43.0. The second-order valence-electron chi connectivity index (χ2n) is 11.5. The van der Waals surface area contributed by atoms with Crippen molar-refractivity contribution >= 4 is 23.9 Å². The molecule has 1 aromatic rings. The molecule has 0 radical (unpaired) electrons. The molecule has 6 N–H and O–H groups in total. The van der Waals surface area contributed by atoms with Crippen LogP contribution in [0.3, 0.4) is 0 Å². The van der Waals surface area contributed by atoms with Gasteiger partial charge in [-0.1, -0.05) is 129 Å². The van der Waals surface area contributed by atoms with Crippen molar-refractivity contribution in [3.63, 3.8) is 0 Å². The number of aliphatic imine (C=N–C) groups is 2. The van der Waals surface area contributed by atoms with Crippen LogP contribution >= 0.6 is 0 Å². The number of hydrogen-bond donors (Lipinski definition) is 4. The zero-order chi connectivity index (χ0) is 32.1. The number of carbonyl (C=O) groups excluding carboxylic acids is 2. The van der Waals surface area contributed by atoms with E-state index in [9.17, 15) is 9.59 Å². The van der Waals surface area contributed by atoms with Crippen molar-refractivity contribution in [2.45, 2.75) is 142 Å². The summed E-state index contributed by atoms with van der Waals surface area (Å²) in [5, 5.41) is 0. The molecule has 0 unspecified atom stereocenters. The number of benzene rings is 1. The molecule has 1 aromatic carbocycles. The van der Waals surface area contributed by atoms with Crippen LogP contribution in [0.4, 0.5) is 0 Å². The Balaban J connectivity index is 2.17. The van der Waals surface area contributed by atoms with Gasteiger partial charge in [0.25, 0.3) is 0 Å². The molecular weight excluding hydrogens is 556 g/mol. The van der Waals surface area contributed by atoms with Gasteiger partial charge in [0.1, 0.15) is 0 Å². The Kier molecular flexibility index (Phi) is 24.0. The van der Waals surface area contributed by atoms with Gasteiger partial charge in [0, 0.05) is 13.1 Å². The first-order valence-corrected chi connectivity index (χ1v) is 17.1. The number of hydroxylamine groups is 2. The van der Waals surface area contributed by atoms with E-state index >= 15 is 0 Å². The van der Waals surface area contributed by atoms with Crippen LogP contribution in [0, 0.1) is 0 Å². The molecule has 0 amide bonds. The summed E-state index contributed by atoms with van der Waals surface area (Å²) in [6, 6.07) is 5.83. The van der Waals surface area contributed by atoms with Crippen LogP contribution in [0.2, 0.25) is 0 Å². The minimum absolute atomic E-state index is 0.0490. The lowest BCUT2D eigenvalue weighted by molar-refractivity contribution is 0.0370. The largest absolute Gasteiger partial charge is 0.368 e. The van der Waals surface area contributed by atoms with Gasteiger partial charge in [-0.3, -0.25) is 9.98 Å². The molecule has 0 aliphatic heterocycles. The van der Waals surface area contributed by atoms with E-state index < -0.39 is 11.9 Å². The van der Waals surface area contributed by atoms with Crippen LogP contribution in [0.1, 0.15) is 163 Å². The second kappa shape index (κ2) is 27.3. The van der Waals surface area contributed by atoms with E-state index in [4.69, 9.17) is 21.1 Å². The first-order chi connectivity index (χ1) is 21.5. The zero-order valence-corrected chi connectivity index (χ0v) is 27.5. The predicted octanol–water partition coefficient (Wildman–Crippen LogP) is 7.48. The van der Waals surface area contributed by atoms with Crippen molar-refractivity contribution in [1.29, 1.82) is 0 Å². The van der Waals surface area contributed by atoms with Crippen LogP contribution in [-0.4, -0.2) is 36.9 Å². The lowest BCUT2D eigenvalue weighted by Crippen LogP contribution is -2.34. The highest BCUT2D eigenvalue weighted by Gasteiger charge is 2.12. The number of carbonyl (C=O) groups is 2. The van der Waals surface area contributed by atoms with Crippen molar-refractivity contribution < 1.29 is 19.3 Å². The van der Waals surface area contributed by atoms with Crippen molar-refractivity contribution in [2.75, 3.05) is 13.1 Å². The molecule has 0 atom stereocenters. The minimum Gasteiger partial charge on any atom is -0.368 e. The van der Waals surface area contributed by atoms with Crippen molar-refractivity contribution in [1.82, 2.24) is 11.0 Å². The Labute approximate surface area is 266 Å². The first kappa shape index (κ1) is 38.7. The van der Waals surface area contributed by atoms with Gasteiger partial charge in [0.2, 0.25) is 11.9 Å². The maximum atomic E-state index is 12.3. The maximum absolute atomic E-state index is 12.3. The summed E-state index contributed by atoms with van der Waals surface area (Å²) < 4.78 is 0. The van der Waals surface area contributed by atoms with Gasteiger partial charge in [-0.25, -0.2) is 9.59 Å². The van der Waals surface area contributed by atoms with Gasteiger partial charge >= 0.3 is 11.9 Å². The van der Waals surface area contributed by atoms with Crippen molar-refractivity contribution in [3.8, 4) is 0 Å². The smallest absolute Gasteiger partial charge is 0.362 e. The molecule has 0 heterocycles. The second-order valence-corrected chi connectivity index (χ2v) is 11.5. The normalized spacial score (nSPS) is 11.8. The number of unbranched alkanes of at least 4 members (excludes halogenated alkanes) is 18. The minimum atomic E-state index is -0.650. The zero-order valence-electron chi connectivity index (χ0n) is 27.5. The average molecular weight is 617 g/mol. The highest BCUT2D eigenvalue weighted by atomic mass is 16.7. The Morgan fingerprint density at radius 1 is 0.523 bits per heavy atom. The molecule has 0 saturated heterocycles. The van der Waals surface area contributed by atoms with Gasteiger partial charge < -0.3 is 21.1 Å². The molecule has 0 fully saturated rings. The van der Waals surface area contributed by atoms with E-state index in [0.29, 0.717) is 13.1 Å². The highest BCUT2D eigenvalue weighted by molar-refractivity contribution is 5.94. The van der Waals surface area contributed by atoms with Crippen LogP contribution in [0.5, 0.6) is 0 Å². The summed E-state index contributed by atoms with van der Waals surface area (Å²) in [5.74, 6) is -1.20. The van der Waals surface area contributed by atoms with Gasteiger partial charge in [0.05, 0.1) is 11.1 Å². The van der Waals surface area contributed by atoms with Gasteiger partial charge in [-0.05, 0) is 37.1 Å². The summed E-state index contributed by atoms with van der Waals surface area (Å²) >= 11 is 0. The third kappa shape index (κ3) is 21.4. The van der Waals surface area contributed by atoms with Gasteiger partial charge in [-0.15, -0.1) is 0 Å². The summed E-state index contributed by atoms with van der Waals surface area (Å²) in [6.45, 7) is 5.63. The number of nitrogens with zero attached hydrogens (tertiary/aromatic N) is 2. The number of hydrogen-bond acceptors (Lipinski definition) is 6. The van der Waals surface area contributed by atoms with Crippen LogP contribution in [0.15, 0.2) is 34.3 Å². The topological polar surface area (TPSA) is 153 Å². The van der Waals surface area contributed by atoms with Crippen LogP contribution < -0.4 is 22.4 Å². The molecule has 0 aliphatic rings. The fourth-order valence-electron chi connectivity index (χ4n) is 4.72. The molecule has 10 heteroatoms. The van der Waals surface area contributed by atoms with Gasteiger partial charge in [0.15, 0.2) is 0 Å². The molecule has 10 nitrogen and oxygen atoms in total. The molecule has 44 heavy (non-hydrogen) atoms. The third-order valence-electron chi connectivity index (χ3n) is 7.44. The Morgan fingerprint density at radius 2 is 0.795 bits per heavy atom. The Bertz CT molecular complexity index is 861. The first-order valence-electron chi connectivity index (χ1n) is 17.1. The lowest BCUT2D eigenvalue weighted by Gasteiger charge is -2.08. The number of nitrogens with one attached hydrogen (secondary N) is 2. The molecular formula is C34H60N6O4. The Hall–Kier alpha value is -3.30. The van der Waals surface area contributed by atoms with E-state index in [-0.39, 0.29) is 23.0 Å². The Morgan fingerprint density at radius 3 is 1.09 bits per heavy atom. The van der Waals surface area contributed by atoms with E-state index in [1.54, 1.807) is 0 Å². The molecule has 0 bridgehead atoms. The fraction of sp³-hybridized carbons (Fsp3) is 0.706. The standard InChI is InChI=1S/C34H60N6O4/c1-3-5-7-9-11-13-15-17-19-21-27-37-33(35)39-43-31(41)29-23-25-30(26-24-29)32(42)44-40-34(36)38-28-22-20-18-16-14-12-10-8-6-4-2/h23-26H,3-22,27-28H2,1-2H3,(H3,35,37,39)(H3,36,38,40). The summed E-state index contributed by atoms with van der Waals surface area (Å²) in [7, 11) is 0.